The van der Waals surface area contributed by atoms with Crippen LogP contribution >= 0.6 is 0 Å². The largest absolute Gasteiger partial charge is 0.206 e. The third kappa shape index (κ3) is 6.02. The summed E-state index contributed by atoms with van der Waals surface area (Å²) >= 11 is 0. The van der Waals surface area contributed by atoms with Crippen LogP contribution in [-0.2, 0) is 12.8 Å². The summed E-state index contributed by atoms with van der Waals surface area (Å²) in [5.74, 6) is 7.78. The van der Waals surface area contributed by atoms with Crippen LogP contribution in [-0.4, -0.2) is 0 Å². The number of aryl methyl sites for hydroxylation is 2. The highest BCUT2D eigenvalue weighted by molar-refractivity contribution is 5.85. The lowest BCUT2D eigenvalue weighted by atomic mass is 9.79. The van der Waals surface area contributed by atoms with E-state index in [1.54, 1.807) is 0 Å². The van der Waals surface area contributed by atoms with Crippen molar-refractivity contribution in [2.45, 2.75) is 51.4 Å². The summed E-state index contributed by atoms with van der Waals surface area (Å²) in [6.45, 7) is 7.70. The van der Waals surface area contributed by atoms with E-state index in [9.17, 15) is 0 Å². The van der Waals surface area contributed by atoms with Gasteiger partial charge < -0.3 is 0 Å². The van der Waals surface area contributed by atoms with Gasteiger partial charge in [0.05, 0.1) is 0 Å². The summed E-state index contributed by atoms with van der Waals surface area (Å²) < 4.78 is 15.2. The molecular weight excluding hydrogens is 403 g/mol. The van der Waals surface area contributed by atoms with Crippen molar-refractivity contribution >= 4 is 10.8 Å². The van der Waals surface area contributed by atoms with E-state index in [0.717, 1.165) is 47.8 Å². The van der Waals surface area contributed by atoms with Gasteiger partial charge in [0.25, 0.3) is 0 Å². The summed E-state index contributed by atoms with van der Waals surface area (Å²) in [7, 11) is 0. The maximum Gasteiger partial charge on any atom is 0.134 e. The van der Waals surface area contributed by atoms with Crippen molar-refractivity contribution in [2.24, 2.45) is 11.8 Å². The molecule has 0 N–H and O–H groups in total. The van der Waals surface area contributed by atoms with Gasteiger partial charge in [0.2, 0.25) is 0 Å². The summed E-state index contributed by atoms with van der Waals surface area (Å²) in [6, 6.07) is 18.2. The van der Waals surface area contributed by atoms with E-state index in [2.05, 4.69) is 55.3 Å². The Morgan fingerprint density at radius 3 is 2.30 bits per heavy atom. The van der Waals surface area contributed by atoms with E-state index in [-0.39, 0.29) is 5.82 Å². The zero-order chi connectivity index (χ0) is 23.0. The van der Waals surface area contributed by atoms with Gasteiger partial charge in [0, 0.05) is 16.5 Å². The molecule has 1 fully saturated rings. The molecule has 33 heavy (non-hydrogen) atoms. The highest BCUT2D eigenvalue weighted by Crippen LogP contribution is 2.33. The topological polar surface area (TPSA) is 0 Å². The van der Waals surface area contributed by atoms with Crippen molar-refractivity contribution < 1.29 is 4.39 Å². The summed E-state index contributed by atoms with van der Waals surface area (Å²) in [4.78, 5) is 0. The second-order valence-corrected chi connectivity index (χ2v) is 9.30. The molecule has 1 aliphatic carbocycles. The molecule has 0 amide bonds. The Morgan fingerprint density at radius 2 is 1.58 bits per heavy atom. The fourth-order valence-corrected chi connectivity index (χ4v) is 4.85. The Kier molecular flexibility index (Phi) is 7.79. The fraction of sp³-hybridized carbons (Fsp3) is 0.312. The van der Waals surface area contributed by atoms with Gasteiger partial charge in [0.15, 0.2) is 0 Å². The van der Waals surface area contributed by atoms with E-state index in [4.69, 9.17) is 0 Å². The average molecular weight is 437 g/mol. The smallest absolute Gasteiger partial charge is 0.134 e. The first-order valence-electron chi connectivity index (χ1n) is 12.2. The molecule has 0 heterocycles. The molecule has 1 heteroatoms. The Bertz CT molecular complexity index is 1160. The van der Waals surface area contributed by atoms with Crippen LogP contribution in [0.25, 0.3) is 10.8 Å². The molecule has 0 unspecified atom stereocenters. The number of hydrogen-bond acceptors (Lipinski definition) is 0. The van der Waals surface area contributed by atoms with Gasteiger partial charge in [-0.15, -0.1) is 13.2 Å². The number of allylic oxidation sites excluding steroid dienone is 2. The molecule has 3 aromatic rings. The second-order valence-electron chi connectivity index (χ2n) is 9.30. The van der Waals surface area contributed by atoms with Crippen molar-refractivity contribution in [3.05, 3.63) is 108 Å². The zero-order valence-corrected chi connectivity index (χ0v) is 19.5. The molecule has 1 aliphatic rings. The van der Waals surface area contributed by atoms with Gasteiger partial charge >= 0.3 is 0 Å². The maximum atomic E-state index is 15.2. The highest BCUT2D eigenvalue weighted by Gasteiger charge is 2.19. The fourth-order valence-electron chi connectivity index (χ4n) is 4.85. The Morgan fingerprint density at radius 1 is 0.848 bits per heavy atom. The number of hydrogen-bond donors (Lipinski definition) is 0. The molecule has 0 spiro atoms. The molecule has 1 saturated carbocycles. The molecule has 0 radical (unpaired) electrons. The van der Waals surface area contributed by atoms with E-state index in [1.807, 2.05) is 36.4 Å². The van der Waals surface area contributed by atoms with Crippen molar-refractivity contribution in [2.75, 3.05) is 0 Å². The van der Waals surface area contributed by atoms with Crippen molar-refractivity contribution in [3.63, 3.8) is 0 Å². The van der Waals surface area contributed by atoms with Crippen LogP contribution in [0.15, 0.2) is 79.9 Å². The van der Waals surface area contributed by atoms with Crippen LogP contribution in [0, 0.1) is 29.5 Å². The molecule has 3 aromatic carbocycles. The minimum atomic E-state index is -0.0677. The van der Waals surface area contributed by atoms with Gasteiger partial charge in [-0.05, 0) is 104 Å². The lowest BCUT2D eigenvalue weighted by Crippen LogP contribution is -2.13. The van der Waals surface area contributed by atoms with Crippen LogP contribution in [0.3, 0.4) is 0 Å². The molecular formula is C32H33F. The SMILES string of the molecule is C=CCCc1ccc(C#Cc2ccc3c(F)c(CCC4CCC(C=C)CC4)ccc3c2)cc1. The van der Waals surface area contributed by atoms with Crippen LogP contribution in [0.1, 0.15) is 60.8 Å². The number of benzene rings is 3. The second kappa shape index (κ2) is 11.2. The average Bonchev–Trinajstić information content (AvgIpc) is 2.86. The molecule has 4 rings (SSSR count). The number of fused-ring (bicyclic) bond motifs is 1. The van der Waals surface area contributed by atoms with Crippen molar-refractivity contribution in [1.29, 1.82) is 0 Å². The molecule has 0 nitrogen and oxygen atoms in total. The van der Waals surface area contributed by atoms with Gasteiger partial charge in [-0.25, -0.2) is 4.39 Å². The number of rotatable bonds is 7. The lowest BCUT2D eigenvalue weighted by molar-refractivity contribution is 0.295. The van der Waals surface area contributed by atoms with Crippen LogP contribution in [0.4, 0.5) is 4.39 Å². The van der Waals surface area contributed by atoms with Gasteiger partial charge in [-0.2, -0.15) is 0 Å². The quantitative estimate of drug-likeness (QED) is 0.257. The predicted molar refractivity (Wildman–Crippen MR) is 139 cm³/mol. The lowest BCUT2D eigenvalue weighted by Gasteiger charge is -2.26. The molecule has 168 valence electrons. The summed E-state index contributed by atoms with van der Waals surface area (Å²) in [6.07, 6.45) is 12.9. The van der Waals surface area contributed by atoms with Crippen molar-refractivity contribution in [1.82, 2.24) is 0 Å². The first-order chi connectivity index (χ1) is 16.2. The van der Waals surface area contributed by atoms with Gasteiger partial charge in [-0.3, -0.25) is 0 Å². The Hall–Kier alpha value is -3.11. The molecule has 0 atom stereocenters. The molecule has 0 bridgehead atoms. The van der Waals surface area contributed by atoms with Crippen LogP contribution in [0.5, 0.6) is 0 Å². The first kappa shape index (κ1) is 23.1. The normalized spacial score (nSPS) is 17.8. The third-order valence-electron chi connectivity index (χ3n) is 7.02. The number of halogens is 1. The monoisotopic (exact) mass is 436 g/mol. The third-order valence-corrected chi connectivity index (χ3v) is 7.02. The highest BCUT2D eigenvalue weighted by atomic mass is 19.1. The minimum absolute atomic E-state index is 0.0677. The molecule has 0 aliphatic heterocycles. The molecule has 0 aromatic heterocycles. The Labute approximate surface area is 198 Å². The summed E-state index contributed by atoms with van der Waals surface area (Å²) in [5.41, 5.74) is 4.02. The predicted octanol–water partition coefficient (Wildman–Crippen LogP) is 8.42. The maximum absolute atomic E-state index is 15.2. The first-order valence-corrected chi connectivity index (χ1v) is 12.2. The molecule has 0 saturated heterocycles. The zero-order valence-electron chi connectivity index (χ0n) is 19.5. The van der Waals surface area contributed by atoms with E-state index >= 15 is 4.39 Å². The van der Waals surface area contributed by atoms with Gasteiger partial charge in [0.1, 0.15) is 5.82 Å². The van der Waals surface area contributed by atoms with Gasteiger partial charge in [-0.1, -0.05) is 54.3 Å². The Balaban J connectivity index is 1.42. The van der Waals surface area contributed by atoms with E-state index < -0.39 is 0 Å². The standard InChI is InChI=1S/C32H33F/c1-3-5-6-25-11-13-26(14-12-25)15-16-28-18-22-31-30(23-28)21-20-29(32(31)33)19-17-27-9-7-24(4-2)8-10-27/h3-4,11-14,18,20-24,27H,1-2,5-10,17,19H2. The van der Waals surface area contributed by atoms with Crippen LogP contribution < -0.4 is 0 Å². The minimum Gasteiger partial charge on any atom is -0.206 e. The van der Waals surface area contributed by atoms with Crippen LogP contribution in [0.2, 0.25) is 0 Å². The van der Waals surface area contributed by atoms with E-state index in [0.29, 0.717) is 17.2 Å². The summed E-state index contributed by atoms with van der Waals surface area (Å²) in [5, 5.41) is 1.61. The van der Waals surface area contributed by atoms with E-state index in [1.165, 1.54) is 31.2 Å². The van der Waals surface area contributed by atoms with Crippen molar-refractivity contribution in [3.8, 4) is 11.8 Å².